The van der Waals surface area contributed by atoms with Crippen molar-refractivity contribution in [2.24, 2.45) is 17.3 Å². The molecule has 7 nitrogen and oxygen atoms in total. The number of carboxylic acids is 1. The van der Waals surface area contributed by atoms with Gasteiger partial charge in [0.25, 0.3) is 0 Å². The summed E-state index contributed by atoms with van der Waals surface area (Å²) in [4.78, 5) is 41.1. The Kier molecular flexibility index (Phi) is 4.87. The SMILES string of the molecule is CCc1ccccc1N1CC(C(=O)N2C[C@H]3COCC[C@@]3(C(=O)O)C2)CC1=O. The maximum Gasteiger partial charge on any atom is 0.311 e. The van der Waals surface area contributed by atoms with Gasteiger partial charge in [0.15, 0.2) is 0 Å². The van der Waals surface area contributed by atoms with Gasteiger partial charge in [0.2, 0.25) is 11.8 Å². The fraction of sp³-hybridized carbons (Fsp3) is 0.571. The van der Waals surface area contributed by atoms with Gasteiger partial charge in [-0.3, -0.25) is 14.4 Å². The molecule has 0 spiro atoms. The second kappa shape index (κ2) is 7.20. The molecule has 3 fully saturated rings. The Hall–Kier alpha value is -2.41. The smallest absolute Gasteiger partial charge is 0.311 e. The Balaban J connectivity index is 1.51. The molecule has 3 atom stereocenters. The van der Waals surface area contributed by atoms with Gasteiger partial charge in [-0.1, -0.05) is 25.1 Å². The molecule has 4 rings (SSSR count). The number of ether oxygens (including phenoxy) is 1. The van der Waals surface area contributed by atoms with Crippen LogP contribution in [0.15, 0.2) is 24.3 Å². The summed E-state index contributed by atoms with van der Waals surface area (Å²) in [7, 11) is 0. The van der Waals surface area contributed by atoms with Crippen molar-refractivity contribution in [2.45, 2.75) is 26.2 Å². The lowest BCUT2D eigenvalue weighted by Gasteiger charge is -2.33. The van der Waals surface area contributed by atoms with Crippen LogP contribution in [0, 0.1) is 17.3 Å². The minimum Gasteiger partial charge on any atom is -0.481 e. The van der Waals surface area contributed by atoms with Crippen LogP contribution in [-0.4, -0.2) is 60.6 Å². The minimum atomic E-state index is -0.912. The summed E-state index contributed by atoms with van der Waals surface area (Å²) in [5, 5.41) is 9.80. The second-order valence-corrected chi connectivity index (χ2v) is 8.09. The molecule has 0 bridgehead atoms. The first-order chi connectivity index (χ1) is 13.5. The summed E-state index contributed by atoms with van der Waals surface area (Å²) in [5.41, 5.74) is 1.04. The lowest BCUT2D eigenvalue weighted by molar-refractivity contribution is -0.157. The Morgan fingerprint density at radius 2 is 2.07 bits per heavy atom. The molecule has 3 heterocycles. The van der Waals surface area contributed by atoms with E-state index in [1.54, 1.807) is 9.80 Å². The van der Waals surface area contributed by atoms with E-state index in [2.05, 4.69) is 0 Å². The molecule has 3 aliphatic heterocycles. The van der Waals surface area contributed by atoms with E-state index >= 15 is 0 Å². The summed E-state index contributed by atoms with van der Waals surface area (Å²) >= 11 is 0. The van der Waals surface area contributed by atoms with Crippen molar-refractivity contribution in [3.63, 3.8) is 0 Å². The average Bonchev–Trinajstić information content (AvgIpc) is 3.29. The number of para-hydroxylation sites is 1. The van der Waals surface area contributed by atoms with E-state index in [9.17, 15) is 19.5 Å². The number of carbonyl (C=O) groups is 3. The molecule has 7 heteroatoms. The van der Waals surface area contributed by atoms with Crippen LogP contribution in [0.3, 0.4) is 0 Å². The second-order valence-electron chi connectivity index (χ2n) is 8.09. The number of aliphatic carboxylic acids is 1. The molecule has 0 radical (unpaired) electrons. The van der Waals surface area contributed by atoms with Gasteiger partial charge in [0.1, 0.15) is 0 Å². The molecule has 1 aromatic rings. The van der Waals surface area contributed by atoms with E-state index < -0.39 is 17.3 Å². The Labute approximate surface area is 164 Å². The zero-order valence-corrected chi connectivity index (χ0v) is 16.1. The number of rotatable bonds is 4. The zero-order valence-electron chi connectivity index (χ0n) is 16.1. The quantitative estimate of drug-likeness (QED) is 0.848. The third-order valence-electron chi connectivity index (χ3n) is 6.58. The average molecular weight is 386 g/mol. The first kappa shape index (κ1) is 18.9. The number of nitrogens with zero attached hydrogens (tertiary/aromatic N) is 2. The van der Waals surface area contributed by atoms with Crippen molar-refractivity contribution in [3.05, 3.63) is 29.8 Å². The van der Waals surface area contributed by atoms with Crippen LogP contribution < -0.4 is 4.90 Å². The van der Waals surface area contributed by atoms with Gasteiger partial charge in [-0.05, 0) is 24.5 Å². The van der Waals surface area contributed by atoms with Crippen molar-refractivity contribution in [3.8, 4) is 0 Å². The maximum atomic E-state index is 13.1. The summed E-state index contributed by atoms with van der Waals surface area (Å²) in [5.74, 6) is -1.62. The van der Waals surface area contributed by atoms with E-state index in [0.29, 0.717) is 32.7 Å². The fourth-order valence-corrected chi connectivity index (χ4v) is 4.90. The first-order valence-corrected chi connectivity index (χ1v) is 9.94. The molecule has 0 saturated carbocycles. The van der Waals surface area contributed by atoms with Gasteiger partial charge in [-0.2, -0.15) is 0 Å². The van der Waals surface area contributed by atoms with Crippen LogP contribution >= 0.6 is 0 Å². The highest BCUT2D eigenvalue weighted by Gasteiger charge is 2.55. The van der Waals surface area contributed by atoms with Gasteiger partial charge >= 0.3 is 5.97 Å². The van der Waals surface area contributed by atoms with Crippen LogP contribution in [0.2, 0.25) is 0 Å². The van der Waals surface area contributed by atoms with Crippen molar-refractivity contribution in [2.75, 3.05) is 37.7 Å². The highest BCUT2D eigenvalue weighted by Crippen LogP contribution is 2.43. The van der Waals surface area contributed by atoms with Crippen LogP contribution in [0.4, 0.5) is 5.69 Å². The summed E-state index contributed by atoms with van der Waals surface area (Å²) in [6.07, 6.45) is 1.42. The molecule has 1 unspecified atom stereocenters. The van der Waals surface area contributed by atoms with Crippen LogP contribution in [0.5, 0.6) is 0 Å². The lowest BCUT2D eigenvalue weighted by atomic mass is 9.74. The molecule has 0 aromatic heterocycles. The topological polar surface area (TPSA) is 87.2 Å². The third-order valence-corrected chi connectivity index (χ3v) is 6.58. The molecule has 1 aromatic carbocycles. The number of hydrogen-bond acceptors (Lipinski definition) is 4. The molecule has 28 heavy (non-hydrogen) atoms. The van der Waals surface area contributed by atoms with Crippen molar-refractivity contribution >= 4 is 23.5 Å². The Morgan fingerprint density at radius 1 is 1.29 bits per heavy atom. The molecular weight excluding hydrogens is 360 g/mol. The van der Waals surface area contributed by atoms with E-state index in [1.165, 1.54) is 0 Å². The van der Waals surface area contributed by atoms with Crippen LogP contribution in [0.1, 0.15) is 25.3 Å². The van der Waals surface area contributed by atoms with E-state index in [4.69, 9.17) is 4.74 Å². The first-order valence-electron chi connectivity index (χ1n) is 9.94. The number of aryl methyl sites for hydroxylation is 1. The molecule has 1 N–H and O–H groups in total. The number of fused-ring (bicyclic) bond motifs is 1. The molecule has 3 aliphatic rings. The van der Waals surface area contributed by atoms with Crippen LogP contribution in [0.25, 0.3) is 0 Å². The highest BCUT2D eigenvalue weighted by atomic mass is 16.5. The van der Waals surface area contributed by atoms with Crippen molar-refractivity contribution in [1.29, 1.82) is 0 Å². The summed E-state index contributed by atoms with van der Waals surface area (Å²) in [6, 6.07) is 7.77. The van der Waals surface area contributed by atoms with Gasteiger partial charge in [-0.25, -0.2) is 0 Å². The zero-order chi connectivity index (χ0) is 19.9. The van der Waals surface area contributed by atoms with Gasteiger partial charge in [0, 0.05) is 44.3 Å². The molecule has 0 aliphatic carbocycles. The normalized spacial score (nSPS) is 29.8. The van der Waals surface area contributed by atoms with E-state index in [1.807, 2.05) is 31.2 Å². The predicted molar refractivity (Wildman–Crippen MR) is 102 cm³/mol. The molecule has 150 valence electrons. The van der Waals surface area contributed by atoms with E-state index in [-0.39, 0.29) is 30.7 Å². The molecule has 3 saturated heterocycles. The lowest BCUT2D eigenvalue weighted by Crippen LogP contribution is -2.45. The maximum absolute atomic E-state index is 13.1. The number of carbonyl (C=O) groups excluding carboxylic acids is 2. The number of carboxylic acid groups (broad SMARTS) is 1. The van der Waals surface area contributed by atoms with Gasteiger partial charge in [0.05, 0.1) is 17.9 Å². The number of hydrogen-bond donors (Lipinski definition) is 1. The van der Waals surface area contributed by atoms with Crippen molar-refractivity contribution in [1.82, 2.24) is 4.90 Å². The standard InChI is InChI=1S/C21H26N2O5/c1-2-14-5-3-4-6-17(14)23-10-15(9-18(23)24)19(25)22-11-16-12-28-8-7-21(16,13-22)20(26)27/h3-6,15-16H,2,7-13H2,1H3,(H,26,27)/t15?,16-,21+/m0/s1. The number of anilines is 1. The van der Waals surface area contributed by atoms with Gasteiger partial charge < -0.3 is 19.6 Å². The molecular formula is C21H26N2O5. The minimum absolute atomic E-state index is 0.0489. The van der Waals surface area contributed by atoms with E-state index in [0.717, 1.165) is 17.7 Å². The largest absolute Gasteiger partial charge is 0.481 e. The fourth-order valence-electron chi connectivity index (χ4n) is 4.90. The number of amides is 2. The monoisotopic (exact) mass is 386 g/mol. The van der Waals surface area contributed by atoms with Crippen molar-refractivity contribution < 1.29 is 24.2 Å². The third kappa shape index (κ3) is 2.98. The predicted octanol–water partition coefficient (Wildman–Crippen LogP) is 1.55. The van der Waals surface area contributed by atoms with Crippen LogP contribution in [-0.2, 0) is 25.5 Å². The summed E-state index contributed by atoms with van der Waals surface area (Å²) in [6.45, 7) is 3.78. The van der Waals surface area contributed by atoms with Gasteiger partial charge in [-0.15, -0.1) is 0 Å². The Bertz CT molecular complexity index is 810. The summed E-state index contributed by atoms with van der Waals surface area (Å²) < 4.78 is 5.47. The number of benzene rings is 1. The molecule has 2 amide bonds. The number of likely N-dealkylation sites (tertiary alicyclic amines) is 1. The highest BCUT2D eigenvalue weighted by molar-refractivity contribution is 6.01. The Morgan fingerprint density at radius 3 is 2.79 bits per heavy atom.